The van der Waals surface area contributed by atoms with E-state index in [1.165, 1.54) is 6.07 Å². The Morgan fingerprint density at radius 2 is 2.17 bits per heavy atom. The number of rotatable bonds is 8. The molecule has 0 bridgehead atoms. The number of benzene rings is 1. The van der Waals surface area contributed by atoms with E-state index in [1.807, 2.05) is 0 Å². The number of aromatic carboxylic acids is 1. The van der Waals surface area contributed by atoms with Crippen LogP contribution in [0, 0.1) is 0 Å². The largest absolute Gasteiger partial charge is 0.478 e. The van der Waals surface area contributed by atoms with E-state index in [0.717, 1.165) is 0 Å². The van der Waals surface area contributed by atoms with Gasteiger partial charge >= 0.3 is 5.97 Å². The lowest BCUT2D eigenvalue weighted by molar-refractivity contribution is 0.0698. The average Bonchev–Trinajstić information content (AvgIpc) is 2.33. The summed E-state index contributed by atoms with van der Waals surface area (Å²) >= 11 is 5.82. The molecule has 0 aromatic heterocycles. The van der Waals surface area contributed by atoms with Crippen molar-refractivity contribution in [2.75, 3.05) is 31.7 Å². The highest BCUT2D eigenvalue weighted by Gasteiger charge is 2.09. The Morgan fingerprint density at radius 3 is 2.83 bits per heavy atom. The average molecular weight is 274 g/mol. The normalized spacial score (nSPS) is 10.3. The Hall–Kier alpha value is -1.30. The first kappa shape index (κ1) is 14.8. The predicted octanol–water partition coefficient (Wildman–Crippen LogP) is 1.85. The summed E-state index contributed by atoms with van der Waals surface area (Å²) in [6.07, 6.45) is 0.714. The van der Waals surface area contributed by atoms with E-state index in [2.05, 4.69) is 5.32 Å². The summed E-state index contributed by atoms with van der Waals surface area (Å²) in [5, 5.41) is 21.0. The number of hydrogen-bond acceptors (Lipinski definition) is 4. The summed E-state index contributed by atoms with van der Waals surface area (Å²) in [6.45, 7) is 1.41. The molecule has 5 nitrogen and oxygen atoms in total. The van der Waals surface area contributed by atoms with Gasteiger partial charge in [0.05, 0.1) is 24.5 Å². The van der Waals surface area contributed by atoms with Crippen molar-refractivity contribution in [3.8, 4) is 0 Å². The van der Waals surface area contributed by atoms with Gasteiger partial charge in [-0.25, -0.2) is 4.79 Å². The van der Waals surface area contributed by atoms with Gasteiger partial charge in [0.2, 0.25) is 0 Å². The molecule has 100 valence electrons. The highest BCUT2D eigenvalue weighted by atomic mass is 35.5. The lowest BCUT2D eigenvalue weighted by atomic mass is 10.2. The molecule has 1 aromatic carbocycles. The van der Waals surface area contributed by atoms with Gasteiger partial charge < -0.3 is 20.3 Å². The molecule has 0 aliphatic rings. The second-order valence-electron chi connectivity index (χ2n) is 3.61. The van der Waals surface area contributed by atoms with Crippen molar-refractivity contribution in [1.82, 2.24) is 0 Å². The Morgan fingerprint density at radius 1 is 1.39 bits per heavy atom. The van der Waals surface area contributed by atoms with Crippen LogP contribution in [0.25, 0.3) is 0 Å². The molecule has 0 fully saturated rings. The molecule has 6 heteroatoms. The smallest absolute Gasteiger partial charge is 0.337 e. The van der Waals surface area contributed by atoms with Gasteiger partial charge in [0.15, 0.2) is 0 Å². The van der Waals surface area contributed by atoms with E-state index in [9.17, 15) is 4.79 Å². The standard InChI is InChI=1S/C12H16ClNO4/c13-9-2-3-10(12(16)17)11(8-9)14-4-1-6-18-7-5-15/h2-3,8,14-15H,1,4-7H2,(H,16,17). The molecule has 0 heterocycles. The van der Waals surface area contributed by atoms with Gasteiger partial charge in [-0.1, -0.05) is 11.6 Å². The zero-order chi connectivity index (χ0) is 13.4. The molecule has 0 aliphatic heterocycles. The van der Waals surface area contributed by atoms with Crippen LogP contribution in [0.3, 0.4) is 0 Å². The van der Waals surface area contributed by atoms with Crippen molar-refractivity contribution >= 4 is 23.3 Å². The second kappa shape index (κ2) is 7.92. The van der Waals surface area contributed by atoms with Crippen molar-refractivity contribution in [3.63, 3.8) is 0 Å². The molecule has 0 amide bonds. The van der Waals surface area contributed by atoms with Crippen LogP contribution >= 0.6 is 11.6 Å². The fourth-order valence-corrected chi connectivity index (χ4v) is 1.59. The van der Waals surface area contributed by atoms with Crippen LogP contribution in [0.4, 0.5) is 5.69 Å². The number of halogens is 1. The van der Waals surface area contributed by atoms with E-state index in [1.54, 1.807) is 12.1 Å². The zero-order valence-corrected chi connectivity index (χ0v) is 10.6. The quantitative estimate of drug-likeness (QED) is 0.630. The summed E-state index contributed by atoms with van der Waals surface area (Å²) in [5.74, 6) is -0.995. The van der Waals surface area contributed by atoms with E-state index < -0.39 is 5.97 Å². The minimum Gasteiger partial charge on any atom is -0.478 e. The molecule has 1 aromatic rings. The maximum absolute atomic E-state index is 11.0. The Balaban J connectivity index is 2.45. The monoisotopic (exact) mass is 273 g/mol. The third kappa shape index (κ3) is 4.91. The number of ether oxygens (including phenoxy) is 1. The van der Waals surface area contributed by atoms with Crippen LogP contribution in [-0.4, -0.2) is 42.5 Å². The van der Waals surface area contributed by atoms with E-state index in [4.69, 9.17) is 26.6 Å². The van der Waals surface area contributed by atoms with Gasteiger partial charge in [-0.3, -0.25) is 0 Å². The summed E-state index contributed by atoms with van der Waals surface area (Å²) in [6, 6.07) is 4.59. The second-order valence-corrected chi connectivity index (χ2v) is 4.05. The maximum atomic E-state index is 11.0. The molecule has 3 N–H and O–H groups in total. The highest BCUT2D eigenvalue weighted by molar-refractivity contribution is 6.31. The molecule has 0 saturated carbocycles. The van der Waals surface area contributed by atoms with Gasteiger partial charge in [-0.05, 0) is 24.6 Å². The molecule has 0 atom stereocenters. The Bertz CT molecular complexity index is 398. The molecular weight excluding hydrogens is 258 g/mol. The molecule has 1 rings (SSSR count). The Labute approximate surface area is 110 Å². The third-order valence-electron chi connectivity index (χ3n) is 2.23. The van der Waals surface area contributed by atoms with Gasteiger partial charge in [0.25, 0.3) is 0 Å². The molecule has 18 heavy (non-hydrogen) atoms. The van der Waals surface area contributed by atoms with Gasteiger partial charge in [0.1, 0.15) is 0 Å². The Kier molecular flexibility index (Phi) is 6.49. The number of hydrogen-bond donors (Lipinski definition) is 3. The molecule has 0 unspecified atom stereocenters. The summed E-state index contributed by atoms with van der Waals surface area (Å²) in [7, 11) is 0. The first-order valence-electron chi connectivity index (χ1n) is 5.60. The van der Waals surface area contributed by atoms with Crippen LogP contribution in [0.1, 0.15) is 16.8 Å². The number of carboxylic acids is 1. The van der Waals surface area contributed by atoms with Gasteiger partial charge in [-0.15, -0.1) is 0 Å². The fraction of sp³-hybridized carbons (Fsp3) is 0.417. The van der Waals surface area contributed by atoms with Gasteiger partial charge in [-0.2, -0.15) is 0 Å². The van der Waals surface area contributed by atoms with E-state index in [-0.39, 0.29) is 12.2 Å². The number of carboxylic acid groups (broad SMARTS) is 1. The van der Waals surface area contributed by atoms with E-state index >= 15 is 0 Å². The van der Waals surface area contributed by atoms with Gasteiger partial charge in [0, 0.05) is 18.2 Å². The van der Waals surface area contributed by atoms with E-state index in [0.29, 0.717) is 36.9 Å². The third-order valence-corrected chi connectivity index (χ3v) is 2.46. The first-order valence-corrected chi connectivity index (χ1v) is 5.98. The van der Waals surface area contributed by atoms with Crippen molar-refractivity contribution in [1.29, 1.82) is 0 Å². The molecule has 0 saturated heterocycles. The zero-order valence-electron chi connectivity index (χ0n) is 9.86. The number of aliphatic hydroxyl groups is 1. The van der Waals surface area contributed by atoms with Crippen LogP contribution in [0.15, 0.2) is 18.2 Å². The van der Waals surface area contributed by atoms with Crippen molar-refractivity contribution in [2.45, 2.75) is 6.42 Å². The lowest BCUT2D eigenvalue weighted by Gasteiger charge is -2.10. The van der Waals surface area contributed by atoms with Crippen molar-refractivity contribution < 1.29 is 19.7 Å². The number of anilines is 1. The predicted molar refractivity (Wildman–Crippen MR) is 69.4 cm³/mol. The first-order chi connectivity index (χ1) is 8.65. The highest BCUT2D eigenvalue weighted by Crippen LogP contribution is 2.21. The minimum absolute atomic E-state index is 0.00485. The summed E-state index contributed by atoms with van der Waals surface area (Å²) in [4.78, 5) is 11.0. The van der Waals surface area contributed by atoms with Crippen molar-refractivity contribution in [2.24, 2.45) is 0 Å². The number of nitrogens with one attached hydrogen (secondary N) is 1. The molecule has 0 spiro atoms. The SMILES string of the molecule is O=C(O)c1ccc(Cl)cc1NCCCOCCO. The number of carbonyl (C=O) groups is 1. The molecule has 0 radical (unpaired) electrons. The van der Waals surface area contributed by atoms with Crippen LogP contribution < -0.4 is 5.32 Å². The van der Waals surface area contributed by atoms with Crippen LogP contribution in [-0.2, 0) is 4.74 Å². The summed E-state index contributed by atoms with van der Waals surface area (Å²) < 4.78 is 5.09. The fourth-order valence-electron chi connectivity index (χ4n) is 1.41. The maximum Gasteiger partial charge on any atom is 0.337 e. The minimum atomic E-state index is -0.995. The van der Waals surface area contributed by atoms with Crippen LogP contribution in [0.5, 0.6) is 0 Å². The lowest BCUT2D eigenvalue weighted by Crippen LogP contribution is -2.10. The van der Waals surface area contributed by atoms with Crippen LogP contribution in [0.2, 0.25) is 5.02 Å². The molecular formula is C12H16ClNO4. The molecule has 0 aliphatic carbocycles. The van der Waals surface area contributed by atoms with Crippen molar-refractivity contribution in [3.05, 3.63) is 28.8 Å². The summed E-state index contributed by atoms with van der Waals surface area (Å²) in [5.41, 5.74) is 0.688. The topological polar surface area (TPSA) is 78.8 Å². The number of aliphatic hydroxyl groups excluding tert-OH is 1.